The summed E-state index contributed by atoms with van der Waals surface area (Å²) in [6.07, 6.45) is 0. The van der Waals surface area contributed by atoms with Crippen LogP contribution in [0.2, 0.25) is 0 Å². The minimum absolute atomic E-state index is 0.0514. The van der Waals surface area contributed by atoms with Gasteiger partial charge in [0.25, 0.3) is 5.69 Å². The van der Waals surface area contributed by atoms with Crippen LogP contribution in [0, 0.1) is 10.1 Å². The highest BCUT2D eigenvalue weighted by molar-refractivity contribution is 5.43. The summed E-state index contributed by atoms with van der Waals surface area (Å²) >= 11 is 0. The molecule has 0 aromatic heterocycles. The molecule has 0 aliphatic heterocycles. The summed E-state index contributed by atoms with van der Waals surface area (Å²) in [7, 11) is 0. The van der Waals surface area contributed by atoms with Crippen molar-refractivity contribution in [3.05, 3.63) is 33.9 Å². The molecule has 0 atom stereocenters. The number of halogens is 2. The third kappa shape index (κ3) is 2.84. The van der Waals surface area contributed by atoms with Gasteiger partial charge in [-0.25, -0.2) is 0 Å². The van der Waals surface area contributed by atoms with E-state index < -0.39 is 18.1 Å². The van der Waals surface area contributed by atoms with E-state index in [-0.39, 0.29) is 17.0 Å². The SMILES string of the molecule is O=[N+]([O-])c1ccc(OC(F)F)c(CO)c1. The molecular formula is C8H7F2NO4. The maximum absolute atomic E-state index is 11.9. The van der Waals surface area contributed by atoms with Gasteiger partial charge in [-0.3, -0.25) is 10.1 Å². The van der Waals surface area contributed by atoms with Crippen molar-refractivity contribution in [3.8, 4) is 5.75 Å². The zero-order valence-corrected chi connectivity index (χ0v) is 7.39. The summed E-state index contributed by atoms with van der Waals surface area (Å²) in [5, 5.41) is 19.1. The first-order valence-electron chi connectivity index (χ1n) is 3.87. The molecule has 0 radical (unpaired) electrons. The summed E-state index contributed by atoms with van der Waals surface area (Å²) in [5.41, 5.74) is -0.342. The molecule has 5 nitrogen and oxygen atoms in total. The number of aliphatic hydroxyl groups excluding tert-OH is 1. The van der Waals surface area contributed by atoms with Crippen LogP contribution in [0.1, 0.15) is 5.56 Å². The Morgan fingerprint density at radius 3 is 2.67 bits per heavy atom. The first-order valence-corrected chi connectivity index (χ1v) is 3.87. The zero-order valence-electron chi connectivity index (χ0n) is 7.39. The van der Waals surface area contributed by atoms with Crippen molar-refractivity contribution in [2.75, 3.05) is 0 Å². The third-order valence-corrected chi connectivity index (χ3v) is 1.64. The van der Waals surface area contributed by atoms with Crippen molar-refractivity contribution >= 4 is 5.69 Å². The lowest BCUT2D eigenvalue weighted by molar-refractivity contribution is -0.385. The molecule has 1 aromatic carbocycles. The number of alkyl halides is 2. The molecule has 1 N–H and O–H groups in total. The molecule has 0 saturated carbocycles. The number of ether oxygens (including phenoxy) is 1. The first kappa shape index (κ1) is 11.3. The maximum Gasteiger partial charge on any atom is 0.387 e. The molecule has 0 spiro atoms. The van der Waals surface area contributed by atoms with Crippen LogP contribution in [0.3, 0.4) is 0 Å². The molecule has 0 bridgehead atoms. The Kier molecular flexibility index (Phi) is 3.51. The average Bonchev–Trinajstić information content (AvgIpc) is 2.17. The minimum atomic E-state index is -3.03. The average molecular weight is 219 g/mol. The Balaban J connectivity index is 3.03. The van der Waals surface area contributed by atoms with Crippen LogP contribution in [0.4, 0.5) is 14.5 Å². The van der Waals surface area contributed by atoms with E-state index in [4.69, 9.17) is 5.11 Å². The summed E-state index contributed by atoms with van der Waals surface area (Å²) in [6, 6.07) is 3.03. The van der Waals surface area contributed by atoms with E-state index in [9.17, 15) is 18.9 Å². The van der Waals surface area contributed by atoms with Crippen molar-refractivity contribution in [1.82, 2.24) is 0 Å². The number of hydrogen-bond donors (Lipinski definition) is 1. The Labute approximate surface area is 83.1 Å². The van der Waals surface area contributed by atoms with Gasteiger partial charge in [0.1, 0.15) is 5.75 Å². The van der Waals surface area contributed by atoms with Gasteiger partial charge in [-0.05, 0) is 6.07 Å². The largest absolute Gasteiger partial charge is 0.434 e. The summed E-state index contributed by atoms with van der Waals surface area (Å²) in [5.74, 6) is -0.266. The standard InChI is InChI=1S/C8H7F2NO4/c9-8(10)15-7-2-1-6(11(13)14)3-5(7)4-12/h1-3,8,12H,4H2. The smallest absolute Gasteiger partial charge is 0.387 e. The molecule has 0 aliphatic rings. The van der Waals surface area contributed by atoms with Gasteiger partial charge in [-0.15, -0.1) is 0 Å². The van der Waals surface area contributed by atoms with Gasteiger partial charge >= 0.3 is 6.61 Å². The lowest BCUT2D eigenvalue weighted by Crippen LogP contribution is -2.05. The molecule has 15 heavy (non-hydrogen) atoms. The van der Waals surface area contributed by atoms with Crippen LogP contribution in [-0.2, 0) is 6.61 Å². The van der Waals surface area contributed by atoms with Crippen molar-refractivity contribution in [2.45, 2.75) is 13.2 Å². The fraction of sp³-hybridized carbons (Fsp3) is 0.250. The molecule has 0 unspecified atom stereocenters. The number of benzene rings is 1. The monoisotopic (exact) mass is 219 g/mol. The van der Waals surface area contributed by atoms with Gasteiger partial charge in [0.2, 0.25) is 0 Å². The fourth-order valence-corrected chi connectivity index (χ4v) is 1.01. The Bertz CT molecular complexity index is 370. The number of nitro groups is 1. The summed E-state index contributed by atoms with van der Waals surface area (Å²) in [4.78, 5) is 9.65. The van der Waals surface area contributed by atoms with Crippen LogP contribution < -0.4 is 4.74 Å². The molecule has 0 heterocycles. The second-order valence-electron chi connectivity index (χ2n) is 2.59. The molecular weight excluding hydrogens is 212 g/mol. The predicted octanol–water partition coefficient (Wildman–Crippen LogP) is 1.69. The first-order chi connectivity index (χ1) is 7.04. The number of non-ortho nitro benzene ring substituents is 1. The molecule has 0 fully saturated rings. The minimum Gasteiger partial charge on any atom is -0.434 e. The van der Waals surface area contributed by atoms with E-state index in [1.807, 2.05) is 0 Å². The summed E-state index contributed by atoms with van der Waals surface area (Å²) < 4.78 is 27.8. The van der Waals surface area contributed by atoms with E-state index in [1.165, 1.54) is 0 Å². The van der Waals surface area contributed by atoms with Crippen LogP contribution >= 0.6 is 0 Å². The second-order valence-corrected chi connectivity index (χ2v) is 2.59. The molecule has 82 valence electrons. The maximum atomic E-state index is 11.9. The van der Waals surface area contributed by atoms with Crippen molar-refractivity contribution < 1.29 is 23.5 Å². The third-order valence-electron chi connectivity index (χ3n) is 1.64. The quantitative estimate of drug-likeness (QED) is 0.617. The molecule has 0 aliphatic carbocycles. The predicted molar refractivity (Wildman–Crippen MR) is 45.7 cm³/mol. The number of rotatable bonds is 4. The van der Waals surface area contributed by atoms with Crippen molar-refractivity contribution in [2.24, 2.45) is 0 Å². The second kappa shape index (κ2) is 4.65. The van der Waals surface area contributed by atoms with Gasteiger partial charge in [-0.1, -0.05) is 0 Å². The van der Waals surface area contributed by atoms with E-state index in [1.54, 1.807) is 0 Å². The number of nitrogens with zero attached hydrogens (tertiary/aromatic N) is 1. The van der Waals surface area contributed by atoms with E-state index in [2.05, 4.69) is 4.74 Å². The lowest BCUT2D eigenvalue weighted by atomic mass is 10.2. The van der Waals surface area contributed by atoms with Crippen LogP contribution in [-0.4, -0.2) is 16.6 Å². The topological polar surface area (TPSA) is 72.6 Å². The van der Waals surface area contributed by atoms with Gasteiger partial charge in [-0.2, -0.15) is 8.78 Å². The lowest BCUT2D eigenvalue weighted by Gasteiger charge is -2.08. The highest BCUT2D eigenvalue weighted by Gasteiger charge is 2.13. The molecule has 0 amide bonds. The Morgan fingerprint density at radius 2 is 2.20 bits per heavy atom. The van der Waals surface area contributed by atoms with Gasteiger partial charge in [0.15, 0.2) is 0 Å². The highest BCUT2D eigenvalue weighted by Crippen LogP contribution is 2.25. The number of nitro benzene ring substituents is 1. The number of hydrogen-bond acceptors (Lipinski definition) is 4. The molecule has 0 saturated heterocycles. The zero-order chi connectivity index (χ0) is 11.4. The highest BCUT2D eigenvalue weighted by atomic mass is 19.3. The molecule has 1 aromatic rings. The molecule has 7 heteroatoms. The van der Waals surface area contributed by atoms with E-state index in [0.29, 0.717) is 0 Å². The van der Waals surface area contributed by atoms with Crippen LogP contribution in [0.5, 0.6) is 5.75 Å². The Hall–Kier alpha value is -1.76. The van der Waals surface area contributed by atoms with Gasteiger partial charge < -0.3 is 9.84 Å². The van der Waals surface area contributed by atoms with Crippen molar-refractivity contribution in [3.63, 3.8) is 0 Å². The van der Waals surface area contributed by atoms with E-state index in [0.717, 1.165) is 18.2 Å². The number of aliphatic hydroxyl groups is 1. The normalized spacial score (nSPS) is 10.4. The van der Waals surface area contributed by atoms with Gasteiger partial charge in [0.05, 0.1) is 11.5 Å². The van der Waals surface area contributed by atoms with Crippen LogP contribution in [0.15, 0.2) is 18.2 Å². The van der Waals surface area contributed by atoms with Gasteiger partial charge in [0, 0.05) is 17.7 Å². The fourth-order valence-electron chi connectivity index (χ4n) is 1.01. The summed E-state index contributed by atoms with van der Waals surface area (Å²) in [6.45, 7) is -3.64. The van der Waals surface area contributed by atoms with Crippen LogP contribution in [0.25, 0.3) is 0 Å². The van der Waals surface area contributed by atoms with Crippen molar-refractivity contribution in [1.29, 1.82) is 0 Å². The Morgan fingerprint density at radius 1 is 1.53 bits per heavy atom. The molecule has 1 rings (SSSR count). The van der Waals surface area contributed by atoms with E-state index >= 15 is 0 Å².